The molecule has 1 unspecified atom stereocenters. The largest absolute Gasteiger partial charge is 0.480 e. The Morgan fingerprint density at radius 3 is 2.50 bits per heavy atom. The third-order valence-corrected chi connectivity index (χ3v) is 2.75. The highest BCUT2D eigenvalue weighted by atomic mass is 16.4. The van der Waals surface area contributed by atoms with Crippen LogP contribution in [0.25, 0.3) is 10.8 Å². The molecule has 0 spiro atoms. The molecule has 2 rings (SSSR count). The molecule has 0 heterocycles. The smallest absolute Gasteiger partial charge is 0.325 e. The number of carbonyl (C=O) groups excluding carboxylic acids is 1. The van der Waals surface area contributed by atoms with E-state index in [1.165, 1.54) is 6.92 Å². The van der Waals surface area contributed by atoms with E-state index in [0.717, 1.165) is 10.8 Å². The normalized spacial score (nSPS) is 12.1. The van der Waals surface area contributed by atoms with Gasteiger partial charge in [-0.3, -0.25) is 9.59 Å². The molecular weight excluding hydrogens is 230 g/mol. The molecule has 0 aliphatic heterocycles. The number of carbonyl (C=O) groups is 2. The van der Waals surface area contributed by atoms with Gasteiger partial charge in [-0.2, -0.15) is 0 Å². The van der Waals surface area contributed by atoms with Crippen molar-refractivity contribution in [2.24, 2.45) is 0 Å². The van der Waals surface area contributed by atoms with Crippen molar-refractivity contribution in [1.29, 1.82) is 0 Å². The summed E-state index contributed by atoms with van der Waals surface area (Å²) in [7, 11) is 0. The van der Waals surface area contributed by atoms with E-state index in [0.29, 0.717) is 5.56 Å². The molecule has 2 N–H and O–H groups in total. The second-order valence-electron chi connectivity index (χ2n) is 4.06. The zero-order valence-corrected chi connectivity index (χ0v) is 9.88. The number of carboxylic acid groups (broad SMARTS) is 1. The predicted octanol–water partition coefficient (Wildman–Crippen LogP) is 2.04. The first-order valence-electron chi connectivity index (χ1n) is 5.61. The Bertz CT molecular complexity index is 602. The highest BCUT2D eigenvalue weighted by molar-refractivity contribution is 6.07. The van der Waals surface area contributed by atoms with E-state index >= 15 is 0 Å². The molecule has 0 aromatic heterocycles. The van der Waals surface area contributed by atoms with Crippen molar-refractivity contribution in [2.75, 3.05) is 0 Å². The molecular formula is C14H13NO3. The molecule has 92 valence electrons. The Kier molecular flexibility index (Phi) is 3.28. The number of fused-ring (bicyclic) bond motifs is 1. The monoisotopic (exact) mass is 243 g/mol. The summed E-state index contributed by atoms with van der Waals surface area (Å²) < 4.78 is 0. The lowest BCUT2D eigenvalue weighted by molar-refractivity contribution is -0.138. The van der Waals surface area contributed by atoms with Gasteiger partial charge in [0.2, 0.25) is 0 Å². The standard InChI is InChI=1S/C14H13NO3/c1-9(14(17)18)15-13(16)12-8-4-6-10-5-2-3-7-11(10)12/h2-9H,1H3,(H,15,16)(H,17,18). The van der Waals surface area contributed by atoms with Gasteiger partial charge in [0.05, 0.1) is 0 Å². The topological polar surface area (TPSA) is 66.4 Å². The van der Waals surface area contributed by atoms with E-state index < -0.39 is 12.0 Å². The Morgan fingerprint density at radius 2 is 1.78 bits per heavy atom. The molecule has 18 heavy (non-hydrogen) atoms. The number of carboxylic acids is 1. The molecule has 0 saturated heterocycles. The van der Waals surface area contributed by atoms with Crippen LogP contribution < -0.4 is 5.32 Å². The zero-order valence-electron chi connectivity index (χ0n) is 9.88. The van der Waals surface area contributed by atoms with E-state index in [4.69, 9.17) is 5.11 Å². The highest BCUT2D eigenvalue weighted by Gasteiger charge is 2.16. The van der Waals surface area contributed by atoms with Crippen LogP contribution in [0.5, 0.6) is 0 Å². The fraction of sp³-hybridized carbons (Fsp3) is 0.143. The van der Waals surface area contributed by atoms with Gasteiger partial charge in [-0.15, -0.1) is 0 Å². The number of hydrogen-bond acceptors (Lipinski definition) is 2. The molecule has 0 aliphatic carbocycles. The summed E-state index contributed by atoms with van der Waals surface area (Å²) in [5.41, 5.74) is 0.487. The van der Waals surface area contributed by atoms with Crippen LogP contribution in [0.4, 0.5) is 0 Å². The maximum absolute atomic E-state index is 12.0. The minimum Gasteiger partial charge on any atom is -0.480 e. The van der Waals surface area contributed by atoms with Crippen LogP contribution in [0.3, 0.4) is 0 Å². The van der Waals surface area contributed by atoms with Gasteiger partial charge in [0.25, 0.3) is 5.91 Å². The van der Waals surface area contributed by atoms with Crippen LogP contribution in [-0.2, 0) is 4.79 Å². The fourth-order valence-corrected chi connectivity index (χ4v) is 1.76. The molecule has 0 fully saturated rings. The number of aliphatic carboxylic acids is 1. The molecule has 0 saturated carbocycles. The lowest BCUT2D eigenvalue weighted by Gasteiger charge is -2.10. The third-order valence-electron chi connectivity index (χ3n) is 2.75. The van der Waals surface area contributed by atoms with Gasteiger partial charge in [0.15, 0.2) is 0 Å². The number of rotatable bonds is 3. The van der Waals surface area contributed by atoms with Gasteiger partial charge >= 0.3 is 5.97 Å². The minimum atomic E-state index is -1.05. The summed E-state index contributed by atoms with van der Waals surface area (Å²) in [6.45, 7) is 1.44. The molecule has 1 atom stereocenters. The maximum atomic E-state index is 12.0. The van der Waals surface area contributed by atoms with Crippen molar-refractivity contribution in [2.45, 2.75) is 13.0 Å². The zero-order chi connectivity index (χ0) is 13.1. The fourth-order valence-electron chi connectivity index (χ4n) is 1.76. The van der Waals surface area contributed by atoms with E-state index in [9.17, 15) is 9.59 Å². The van der Waals surface area contributed by atoms with Crippen molar-refractivity contribution in [3.8, 4) is 0 Å². The average Bonchev–Trinajstić information content (AvgIpc) is 2.37. The van der Waals surface area contributed by atoms with E-state index in [2.05, 4.69) is 5.32 Å². The molecule has 4 nitrogen and oxygen atoms in total. The Balaban J connectivity index is 2.36. The van der Waals surface area contributed by atoms with Crippen LogP contribution in [0, 0.1) is 0 Å². The molecule has 0 radical (unpaired) electrons. The summed E-state index contributed by atoms with van der Waals surface area (Å²) in [6, 6.07) is 12.0. The van der Waals surface area contributed by atoms with Crippen LogP contribution in [0.1, 0.15) is 17.3 Å². The van der Waals surface area contributed by atoms with Crippen LogP contribution in [0.15, 0.2) is 42.5 Å². The first kappa shape index (κ1) is 12.1. The first-order chi connectivity index (χ1) is 8.59. The summed E-state index contributed by atoms with van der Waals surface area (Å²) >= 11 is 0. The van der Waals surface area contributed by atoms with Gasteiger partial charge in [-0.1, -0.05) is 36.4 Å². The predicted molar refractivity (Wildman–Crippen MR) is 68.5 cm³/mol. The molecule has 2 aromatic rings. The van der Waals surface area contributed by atoms with Crippen LogP contribution >= 0.6 is 0 Å². The van der Waals surface area contributed by atoms with Crippen molar-refractivity contribution in [3.63, 3.8) is 0 Å². The molecule has 0 aliphatic rings. The summed E-state index contributed by atoms with van der Waals surface area (Å²) in [6.07, 6.45) is 0. The second-order valence-corrected chi connectivity index (χ2v) is 4.06. The quantitative estimate of drug-likeness (QED) is 0.867. The molecule has 2 aromatic carbocycles. The number of hydrogen-bond donors (Lipinski definition) is 2. The minimum absolute atomic E-state index is 0.373. The molecule has 0 bridgehead atoms. The first-order valence-corrected chi connectivity index (χ1v) is 5.61. The Hall–Kier alpha value is -2.36. The van der Waals surface area contributed by atoms with Crippen molar-refractivity contribution in [1.82, 2.24) is 5.32 Å². The number of nitrogens with one attached hydrogen (secondary N) is 1. The van der Waals surface area contributed by atoms with Crippen LogP contribution in [0.2, 0.25) is 0 Å². The van der Waals surface area contributed by atoms with E-state index in [-0.39, 0.29) is 5.91 Å². The molecule has 1 amide bonds. The SMILES string of the molecule is CC(NC(=O)c1cccc2ccccc12)C(=O)O. The average molecular weight is 243 g/mol. The molecule has 4 heteroatoms. The van der Waals surface area contributed by atoms with E-state index in [1.807, 2.05) is 30.3 Å². The summed E-state index contributed by atoms with van der Waals surface area (Å²) in [5, 5.41) is 13.0. The second kappa shape index (κ2) is 4.87. The van der Waals surface area contributed by atoms with Gasteiger partial charge < -0.3 is 10.4 Å². The number of amides is 1. The van der Waals surface area contributed by atoms with Crippen LogP contribution in [-0.4, -0.2) is 23.0 Å². The maximum Gasteiger partial charge on any atom is 0.325 e. The lowest BCUT2D eigenvalue weighted by Crippen LogP contribution is -2.38. The number of benzene rings is 2. The van der Waals surface area contributed by atoms with Gasteiger partial charge in [-0.25, -0.2) is 0 Å². The van der Waals surface area contributed by atoms with Crippen molar-refractivity contribution in [3.05, 3.63) is 48.0 Å². The Morgan fingerprint density at radius 1 is 1.11 bits per heavy atom. The van der Waals surface area contributed by atoms with Gasteiger partial charge in [0, 0.05) is 5.56 Å². The third kappa shape index (κ3) is 2.32. The van der Waals surface area contributed by atoms with Crippen molar-refractivity contribution < 1.29 is 14.7 Å². The van der Waals surface area contributed by atoms with Gasteiger partial charge in [0.1, 0.15) is 6.04 Å². The lowest BCUT2D eigenvalue weighted by atomic mass is 10.0. The summed E-state index contributed by atoms with van der Waals surface area (Å²) in [5.74, 6) is -1.43. The summed E-state index contributed by atoms with van der Waals surface area (Å²) in [4.78, 5) is 22.7. The van der Waals surface area contributed by atoms with Crippen molar-refractivity contribution >= 4 is 22.6 Å². The Labute approximate surface area is 104 Å². The highest BCUT2D eigenvalue weighted by Crippen LogP contribution is 2.18. The van der Waals surface area contributed by atoms with Gasteiger partial charge in [-0.05, 0) is 23.8 Å². The van der Waals surface area contributed by atoms with E-state index in [1.54, 1.807) is 12.1 Å².